The third kappa shape index (κ3) is 3.35. The van der Waals surface area contributed by atoms with Crippen molar-refractivity contribution in [3.63, 3.8) is 0 Å². The fourth-order valence-electron chi connectivity index (χ4n) is 3.34. The molecule has 5 nitrogen and oxygen atoms in total. The van der Waals surface area contributed by atoms with Crippen LogP contribution in [0.15, 0.2) is 18.2 Å². The number of hydrogen-bond acceptors (Lipinski definition) is 3. The highest BCUT2D eigenvalue weighted by Crippen LogP contribution is 2.30. The zero-order valence-corrected chi connectivity index (χ0v) is 13.8. The summed E-state index contributed by atoms with van der Waals surface area (Å²) in [5, 5.41) is 11.6. The summed E-state index contributed by atoms with van der Waals surface area (Å²) < 4.78 is 0. The van der Waals surface area contributed by atoms with E-state index < -0.39 is 0 Å². The molecule has 2 aliphatic rings. The molecule has 0 unspecified atom stereocenters. The average molecular weight is 333 g/mol. The van der Waals surface area contributed by atoms with Crippen LogP contribution in [0, 0.1) is 5.92 Å². The lowest BCUT2D eigenvalue weighted by atomic mass is 10.0. The van der Waals surface area contributed by atoms with E-state index in [1.54, 1.807) is 12.1 Å². The number of carbonyl (C=O) groups is 1. The SMILES string of the molecule is O=C(NC1CCN(CC2CC2)CC1)c1n[nH]c2ccc(Cl)cc12. The Labute approximate surface area is 140 Å². The molecule has 1 aliphatic heterocycles. The Kier molecular flexibility index (Phi) is 3.99. The van der Waals surface area contributed by atoms with E-state index in [9.17, 15) is 4.79 Å². The number of aromatic amines is 1. The van der Waals surface area contributed by atoms with Crippen LogP contribution in [0.4, 0.5) is 0 Å². The molecule has 4 rings (SSSR count). The fraction of sp³-hybridized carbons (Fsp3) is 0.529. The first kappa shape index (κ1) is 15.0. The van der Waals surface area contributed by atoms with Crippen molar-refractivity contribution >= 4 is 28.4 Å². The quantitative estimate of drug-likeness (QED) is 0.905. The maximum Gasteiger partial charge on any atom is 0.272 e. The smallest absolute Gasteiger partial charge is 0.272 e. The van der Waals surface area contributed by atoms with E-state index in [0.29, 0.717) is 10.7 Å². The zero-order valence-electron chi connectivity index (χ0n) is 13.0. The fourth-order valence-corrected chi connectivity index (χ4v) is 3.51. The molecular weight excluding hydrogens is 312 g/mol. The Morgan fingerprint density at radius 2 is 2.09 bits per heavy atom. The van der Waals surface area contributed by atoms with Gasteiger partial charge in [-0.25, -0.2) is 0 Å². The van der Waals surface area contributed by atoms with Crippen LogP contribution in [-0.4, -0.2) is 46.7 Å². The number of H-pyrrole nitrogens is 1. The Morgan fingerprint density at radius 3 is 2.83 bits per heavy atom. The molecule has 1 saturated heterocycles. The Hall–Kier alpha value is -1.59. The van der Waals surface area contributed by atoms with Crippen LogP contribution in [0.1, 0.15) is 36.2 Å². The van der Waals surface area contributed by atoms with Crippen LogP contribution in [-0.2, 0) is 0 Å². The van der Waals surface area contributed by atoms with E-state index in [1.807, 2.05) is 6.07 Å². The van der Waals surface area contributed by atoms with Gasteiger partial charge in [-0.3, -0.25) is 9.89 Å². The molecule has 122 valence electrons. The number of piperidine rings is 1. The molecule has 6 heteroatoms. The number of rotatable bonds is 4. The summed E-state index contributed by atoms with van der Waals surface area (Å²) in [5.41, 5.74) is 1.27. The molecule has 2 fully saturated rings. The number of aromatic nitrogens is 2. The number of carbonyl (C=O) groups excluding carboxylic acids is 1. The van der Waals surface area contributed by atoms with Gasteiger partial charge in [0.25, 0.3) is 5.91 Å². The molecule has 0 radical (unpaired) electrons. The molecule has 2 N–H and O–H groups in total. The number of amides is 1. The monoisotopic (exact) mass is 332 g/mol. The van der Waals surface area contributed by atoms with E-state index in [1.165, 1.54) is 19.4 Å². The van der Waals surface area contributed by atoms with Gasteiger partial charge in [-0.1, -0.05) is 11.6 Å². The van der Waals surface area contributed by atoms with Crippen molar-refractivity contribution < 1.29 is 4.79 Å². The molecule has 2 heterocycles. The first-order chi connectivity index (χ1) is 11.2. The highest BCUT2D eigenvalue weighted by Gasteiger charge is 2.28. The minimum Gasteiger partial charge on any atom is -0.348 e. The molecule has 1 saturated carbocycles. The summed E-state index contributed by atoms with van der Waals surface area (Å²) in [7, 11) is 0. The van der Waals surface area contributed by atoms with Crippen LogP contribution in [0.5, 0.6) is 0 Å². The van der Waals surface area contributed by atoms with E-state index in [4.69, 9.17) is 11.6 Å². The first-order valence-electron chi connectivity index (χ1n) is 8.36. The van der Waals surface area contributed by atoms with Crippen LogP contribution >= 0.6 is 11.6 Å². The lowest BCUT2D eigenvalue weighted by molar-refractivity contribution is 0.0906. The minimum atomic E-state index is -0.112. The zero-order chi connectivity index (χ0) is 15.8. The third-order valence-corrected chi connectivity index (χ3v) is 5.11. The number of benzene rings is 1. The van der Waals surface area contributed by atoms with Crippen molar-refractivity contribution in [3.05, 3.63) is 28.9 Å². The van der Waals surface area contributed by atoms with Gasteiger partial charge in [0, 0.05) is 36.1 Å². The second-order valence-corrected chi connectivity index (χ2v) is 7.19. The van der Waals surface area contributed by atoms with Gasteiger partial charge in [-0.05, 0) is 49.8 Å². The predicted octanol–water partition coefficient (Wildman–Crippen LogP) is 2.82. The van der Waals surface area contributed by atoms with Gasteiger partial charge >= 0.3 is 0 Å². The van der Waals surface area contributed by atoms with Crippen LogP contribution in [0.2, 0.25) is 5.02 Å². The van der Waals surface area contributed by atoms with Gasteiger partial charge in [0.1, 0.15) is 0 Å². The molecule has 0 atom stereocenters. The van der Waals surface area contributed by atoms with Crippen molar-refractivity contribution in [1.29, 1.82) is 0 Å². The molecule has 1 amide bonds. The molecule has 1 aliphatic carbocycles. The number of fused-ring (bicyclic) bond motifs is 1. The molecular formula is C17H21ClN4O. The summed E-state index contributed by atoms with van der Waals surface area (Å²) in [6.07, 6.45) is 4.82. The van der Waals surface area contributed by atoms with E-state index in [2.05, 4.69) is 20.4 Å². The maximum absolute atomic E-state index is 12.5. The first-order valence-corrected chi connectivity index (χ1v) is 8.73. The van der Waals surface area contributed by atoms with Crippen LogP contribution < -0.4 is 5.32 Å². The third-order valence-electron chi connectivity index (χ3n) is 4.88. The Morgan fingerprint density at radius 1 is 1.30 bits per heavy atom. The number of nitrogens with zero attached hydrogens (tertiary/aromatic N) is 2. The Bertz CT molecular complexity index is 716. The van der Waals surface area contributed by atoms with Crippen molar-refractivity contribution in [2.45, 2.75) is 31.7 Å². The molecule has 1 aromatic heterocycles. The summed E-state index contributed by atoms with van der Waals surface area (Å²) in [6, 6.07) is 5.66. The van der Waals surface area contributed by atoms with Crippen molar-refractivity contribution in [2.24, 2.45) is 5.92 Å². The number of halogens is 1. The van der Waals surface area contributed by atoms with Gasteiger partial charge in [-0.2, -0.15) is 5.10 Å². The number of nitrogens with one attached hydrogen (secondary N) is 2. The number of hydrogen-bond donors (Lipinski definition) is 2. The maximum atomic E-state index is 12.5. The highest BCUT2D eigenvalue weighted by atomic mass is 35.5. The standard InChI is InChI=1S/C17H21ClN4O/c18-12-3-4-15-14(9-12)16(21-20-15)17(23)19-13-5-7-22(8-6-13)10-11-1-2-11/h3-4,9,11,13H,1-2,5-8,10H2,(H,19,23)(H,20,21). The molecule has 0 bridgehead atoms. The van der Waals surface area contributed by atoms with E-state index in [0.717, 1.165) is 42.8 Å². The van der Waals surface area contributed by atoms with E-state index >= 15 is 0 Å². The van der Waals surface area contributed by atoms with Gasteiger partial charge in [0.05, 0.1) is 5.52 Å². The topological polar surface area (TPSA) is 61.0 Å². The van der Waals surface area contributed by atoms with Crippen LogP contribution in [0.25, 0.3) is 10.9 Å². The Balaban J connectivity index is 1.38. The molecule has 0 spiro atoms. The van der Waals surface area contributed by atoms with Gasteiger partial charge in [0.15, 0.2) is 5.69 Å². The number of likely N-dealkylation sites (tertiary alicyclic amines) is 1. The molecule has 1 aromatic carbocycles. The van der Waals surface area contributed by atoms with Crippen molar-refractivity contribution in [1.82, 2.24) is 20.4 Å². The highest BCUT2D eigenvalue weighted by molar-refractivity contribution is 6.31. The van der Waals surface area contributed by atoms with Crippen molar-refractivity contribution in [2.75, 3.05) is 19.6 Å². The predicted molar refractivity (Wildman–Crippen MR) is 90.8 cm³/mol. The largest absolute Gasteiger partial charge is 0.348 e. The normalized spacial score (nSPS) is 20.0. The van der Waals surface area contributed by atoms with Gasteiger partial charge in [0.2, 0.25) is 0 Å². The van der Waals surface area contributed by atoms with Gasteiger partial charge < -0.3 is 10.2 Å². The van der Waals surface area contributed by atoms with Crippen LogP contribution in [0.3, 0.4) is 0 Å². The average Bonchev–Trinajstić information content (AvgIpc) is 3.26. The summed E-state index contributed by atoms with van der Waals surface area (Å²) in [6.45, 7) is 3.40. The van der Waals surface area contributed by atoms with Gasteiger partial charge in [-0.15, -0.1) is 0 Å². The second kappa shape index (κ2) is 6.13. The van der Waals surface area contributed by atoms with E-state index in [-0.39, 0.29) is 11.9 Å². The lowest BCUT2D eigenvalue weighted by Gasteiger charge is -2.32. The molecule has 23 heavy (non-hydrogen) atoms. The summed E-state index contributed by atoms with van der Waals surface area (Å²) in [4.78, 5) is 15.1. The second-order valence-electron chi connectivity index (χ2n) is 6.75. The summed E-state index contributed by atoms with van der Waals surface area (Å²) in [5.74, 6) is 0.820. The summed E-state index contributed by atoms with van der Waals surface area (Å²) >= 11 is 6.03. The minimum absolute atomic E-state index is 0.112. The molecule has 2 aromatic rings. The lowest BCUT2D eigenvalue weighted by Crippen LogP contribution is -2.45. The van der Waals surface area contributed by atoms with Crippen molar-refractivity contribution in [3.8, 4) is 0 Å².